The van der Waals surface area contributed by atoms with Gasteiger partial charge < -0.3 is 5.73 Å². The molecule has 60 valence electrons. The number of hydrogen-bond donors (Lipinski definition) is 1. The number of nitriles is 1. The monoisotopic (exact) mass is 155 g/mol. The van der Waals surface area contributed by atoms with Crippen LogP contribution < -0.4 is 5.73 Å². The van der Waals surface area contributed by atoms with Gasteiger partial charge in [-0.25, -0.2) is 0 Å². The van der Waals surface area contributed by atoms with Gasteiger partial charge in [-0.2, -0.15) is 5.26 Å². The van der Waals surface area contributed by atoms with E-state index in [1.54, 1.807) is 6.19 Å². The molecule has 2 amide bonds. The lowest BCUT2D eigenvalue weighted by Crippen LogP contribution is -2.35. The van der Waals surface area contributed by atoms with Crippen molar-refractivity contribution in [1.82, 2.24) is 4.90 Å². The molecule has 0 radical (unpaired) electrons. The molecule has 5 nitrogen and oxygen atoms in total. The average Bonchev–Trinajstić information content (AvgIpc) is 2.00. The topological polar surface area (TPSA) is 87.2 Å². The van der Waals surface area contributed by atoms with Crippen molar-refractivity contribution >= 4 is 11.8 Å². The number of hydrogen-bond acceptors (Lipinski definition) is 3. The van der Waals surface area contributed by atoms with E-state index in [9.17, 15) is 9.59 Å². The molecule has 0 bridgehead atoms. The summed E-state index contributed by atoms with van der Waals surface area (Å²) in [5.74, 6) is -2.24. The van der Waals surface area contributed by atoms with Gasteiger partial charge in [0, 0.05) is 7.05 Å². The highest BCUT2D eigenvalue weighted by molar-refractivity contribution is 5.99. The third-order valence-corrected chi connectivity index (χ3v) is 1.28. The Morgan fingerprint density at radius 3 is 2.36 bits per heavy atom. The molecule has 0 aliphatic carbocycles. The zero-order valence-corrected chi connectivity index (χ0v) is 6.37. The Balaban J connectivity index is 4.28. The zero-order valence-electron chi connectivity index (χ0n) is 6.37. The van der Waals surface area contributed by atoms with Gasteiger partial charge in [0.1, 0.15) is 5.92 Å². The van der Waals surface area contributed by atoms with Crippen LogP contribution in [0.3, 0.4) is 0 Å². The minimum Gasteiger partial charge on any atom is -0.369 e. The third-order valence-electron chi connectivity index (χ3n) is 1.28. The number of nitrogens with two attached hydrogens (primary N) is 1. The quantitative estimate of drug-likeness (QED) is 0.316. The molecule has 0 saturated heterocycles. The summed E-state index contributed by atoms with van der Waals surface area (Å²) >= 11 is 0. The number of rotatable bonds is 2. The maximum atomic E-state index is 10.9. The van der Waals surface area contributed by atoms with Crippen molar-refractivity contribution < 1.29 is 9.59 Å². The Labute approximate surface area is 64.4 Å². The summed E-state index contributed by atoms with van der Waals surface area (Å²) in [6, 6.07) is 0. The van der Waals surface area contributed by atoms with Crippen molar-refractivity contribution in [2.75, 3.05) is 7.05 Å². The summed E-state index contributed by atoms with van der Waals surface area (Å²) in [4.78, 5) is 22.1. The van der Waals surface area contributed by atoms with Crippen LogP contribution in [0.4, 0.5) is 0 Å². The molecule has 0 spiro atoms. The van der Waals surface area contributed by atoms with E-state index in [4.69, 9.17) is 11.0 Å². The molecule has 0 rings (SSSR count). The predicted molar refractivity (Wildman–Crippen MR) is 36.7 cm³/mol. The van der Waals surface area contributed by atoms with E-state index < -0.39 is 17.7 Å². The Bertz CT molecular complexity index is 218. The minimum absolute atomic E-state index is 0.583. The summed E-state index contributed by atoms with van der Waals surface area (Å²) in [5.41, 5.74) is 4.83. The first-order valence-corrected chi connectivity index (χ1v) is 2.97. The molecule has 1 unspecified atom stereocenters. The fourth-order valence-electron chi connectivity index (χ4n) is 0.461. The van der Waals surface area contributed by atoms with Gasteiger partial charge in [0.2, 0.25) is 11.8 Å². The maximum absolute atomic E-state index is 10.9. The second-order valence-electron chi connectivity index (χ2n) is 2.12. The largest absolute Gasteiger partial charge is 0.369 e. The van der Waals surface area contributed by atoms with Crippen LogP contribution in [0.25, 0.3) is 0 Å². The lowest BCUT2D eigenvalue weighted by molar-refractivity contribution is -0.137. The second-order valence-corrected chi connectivity index (χ2v) is 2.12. The molecule has 0 heterocycles. The van der Waals surface area contributed by atoms with Gasteiger partial charge in [-0.1, -0.05) is 0 Å². The standard InChI is InChI=1S/C6H9N3O2/c1-4(5(8)10)6(11)9(2)3-7/h4H,1-2H3,(H2,8,10). The van der Waals surface area contributed by atoms with Crippen LogP contribution in [0.1, 0.15) is 6.92 Å². The summed E-state index contributed by atoms with van der Waals surface area (Å²) in [5, 5.41) is 8.24. The van der Waals surface area contributed by atoms with Crippen LogP contribution in [-0.4, -0.2) is 23.8 Å². The second kappa shape index (κ2) is 3.56. The van der Waals surface area contributed by atoms with E-state index in [2.05, 4.69) is 0 Å². The van der Waals surface area contributed by atoms with Crippen molar-refractivity contribution in [2.24, 2.45) is 11.7 Å². The van der Waals surface area contributed by atoms with Crippen molar-refractivity contribution in [1.29, 1.82) is 5.26 Å². The highest BCUT2D eigenvalue weighted by Gasteiger charge is 2.21. The molecular weight excluding hydrogens is 146 g/mol. The predicted octanol–water partition coefficient (Wildman–Crippen LogP) is -0.953. The molecule has 0 aliphatic rings. The highest BCUT2D eigenvalue weighted by atomic mass is 16.2. The average molecular weight is 155 g/mol. The maximum Gasteiger partial charge on any atom is 0.247 e. The van der Waals surface area contributed by atoms with E-state index >= 15 is 0 Å². The Kier molecular flexibility index (Phi) is 3.05. The van der Waals surface area contributed by atoms with Crippen LogP contribution >= 0.6 is 0 Å². The first-order chi connectivity index (χ1) is 5.00. The molecular formula is C6H9N3O2. The van der Waals surface area contributed by atoms with Crippen molar-refractivity contribution in [3.05, 3.63) is 0 Å². The normalized spacial score (nSPS) is 11.4. The Hall–Kier alpha value is -1.57. The minimum atomic E-state index is -0.931. The van der Waals surface area contributed by atoms with E-state index in [1.807, 2.05) is 0 Å². The van der Waals surface area contributed by atoms with E-state index in [0.29, 0.717) is 0 Å². The molecule has 2 N–H and O–H groups in total. The number of nitrogens with zero attached hydrogens (tertiary/aromatic N) is 2. The molecule has 0 aromatic carbocycles. The van der Waals surface area contributed by atoms with Gasteiger partial charge in [0.25, 0.3) is 0 Å². The molecule has 0 aromatic heterocycles. The lowest BCUT2D eigenvalue weighted by Gasteiger charge is -2.10. The molecule has 0 aliphatic heterocycles. The van der Waals surface area contributed by atoms with Gasteiger partial charge >= 0.3 is 0 Å². The summed E-state index contributed by atoms with van der Waals surface area (Å²) in [7, 11) is 1.28. The molecule has 5 heteroatoms. The fourth-order valence-corrected chi connectivity index (χ4v) is 0.461. The number of amides is 2. The Morgan fingerprint density at radius 1 is 1.64 bits per heavy atom. The van der Waals surface area contributed by atoms with E-state index in [1.165, 1.54) is 14.0 Å². The SMILES string of the molecule is CC(C(N)=O)C(=O)N(C)C#N. The fraction of sp³-hybridized carbons (Fsp3) is 0.500. The third kappa shape index (κ3) is 2.26. The molecule has 0 aromatic rings. The van der Waals surface area contributed by atoms with Gasteiger partial charge in [-0.3, -0.25) is 14.5 Å². The Morgan fingerprint density at radius 2 is 2.09 bits per heavy atom. The van der Waals surface area contributed by atoms with Crippen LogP contribution in [-0.2, 0) is 9.59 Å². The van der Waals surface area contributed by atoms with Crippen LogP contribution in [0, 0.1) is 17.4 Å². The first kappa shape index (κ1) is 9.43. The molecule has 0 fully saturated rings. The highest BCUT2D eigenvalue weighted by Crippen LogP contribution is 1.97. The van der Waals surface area contributed by atoms with Crippen LogP contribution in [0.15, 0.2) is 0 Å². The van der Waals surface area contributed by atoms with Crippen LogP contribution in [0.5, 0.6) is 0 Å². The summed E-state index contributed by atoms with van der Waals surface area (Å²) < 4.78 is 0. The van der Waals surface area contributed by atoms with E-state index in [-0.39, 0.29) is 0 Å². The molecule has 0 saturated carbocycles. The lowest BCUT2D eigenvalue weighted by atomic mass is 10.1. The summed E-state index contributed by atoms with van der Waals surface area (Å²) in [6.45, 7) is 1.36. The van der Waals surface area contributed by atoms with Crippen LogP contribution in [0.2, 0.25) is 0 Å². The van der Waals surface area contributed by atoms with Gasteiger partial charge in [-0.15, -0.1) is 0 Å². The zero-order chi connectivity index (χ0) is 9.02. The number of primary amides is 1. The van der Waals surface area contributed by atoms with Gasteiger partial charge in [-0.05, 0) is 6.92 Å². The molecule has 11 heavy (non-hydrogen) atoms. The van der Waals surface area contributed by atoms with Crippen molar-refractivity contribution in [3.8, 4) is 6.19 Å². The number of carbonyl (C=O) groups excluding carboxylic acids is 2. The van der Waals surface area contributed by atoms with Crippen molar-refractivity contribution in [3.63, 3.8) is 0 Å². The summed E-state index contributed by atoms with van der Waals surface area (Å²) in [6.07, 6.45) is 1.58. The number of carbonyl (C=O) groups is 2. The first-order valence-electron chi connectivity index (χ1n) is 2.97. The smallest absolute Gasteiger partial charge is 0.247 e. The van der Waals surface area contributed by atoms with Crippen molar-refractivity contribution in [2.45, 2.75) is 6.92 Å². The van der Waals surface area contributed by atoms with E-state index in [0.717, 1.165) is 4.90 Å². The van der Waals surface area contributed by atoms with Gasteiger partial charge in [0.15, 0.2) is 6.19 Å². The molecule has 1 atom stereocenters. The van der Waals surface area contributed by atoms with Gasteiger partial charge in [0.05, 0.1) is 0 Å².